The highest BCUT2D eigenvalue weighted by Crippen LogP contribution is 2.29. The first-order valence-corrected chi connectivity index (χ1v) is 6.88. The van der Waals surface area contributed by atoms with Crippen LogP contribution in [0.5, 0.6) is 11.5 Å². The third kappa shape index (κ3) is 3.53. The molecule has 0 spiro atoms. The van der Waals surface area contributed by atoms with E-state index in [-0.39, 0.29) is 16.7 Å². The summed E-state index contributed by atoms with van der Waals surface area (Å²) < 4.78 is 0. The lowest BCUT2D eigenvalue weighted by Crippen LogP contribution is -2.38. The molecule has 0 aliphatic carbocycles. The second-order valence-electron chi connectivity index (χ2n) is 4.70. The number of carbonyl (C=O) groups is 1. The molecular formula is C14H20ClNO3. The number of halogens is 1. The molecule has 0 radical (unpaired) electrons. The van der Waals surface area contributed by atoms with Gasteiger partial charge in [0.25, 0.3) is 5.91 Å². The Hall–Kier alpha value is -1.42. The minimum absolute atomic E-state index is 0.0654. The van der Waals surface area contributed by atoms with Crippen molar-refractivity contribution in [1.29, 1.82) is 0 Å². The number of amides is 1. The van der Waals surface area contributed by atoms with Gasteiger partial charge in [0.05, 0.1) is 5.56 Å². The number of rotatable bonds is 6. The standard InChI is InChI=1S/C14H20ClNO3/c1-3-14(4-2,8-15)9-16-13(19)10-6-5-7-11(17)12(10)18/h5-7,17-18H,3-4,8-9H2,1-2H3,(H,16,19). The molecule has 0 fully saturated rings. The number of carbonyl (C=O) groups excluding carboxylic acids is 1. The van der Waals surface area contributed by atoms with E-state index in [0.29, 0.717) is 12.4 Å². The number of phenolic OH excluding ortho intramolecular Hbond substituents is 2. The summed E-state index contributed by atoms with van der Waals surface area (Å²) >= 11 is 5.97. The van der Waals surface area contributed by atoms with E-state index < -0.39 is 11.7 Å². The number of alkyl halides is 1. The van der Waals surface area contributed by atoms with E-state index >= 15 is 0 Å². The minimum Gasteiger partial charge on any atom is -0.504 e. The summed E-state index contributed by atoms with van der Waals surface area (Å²) in [5.41, 5.74) is -0.0698. The zero-order valence-corrected chi connectivity index (χ0v) is 12.0. The molecule has 0 saturated heterocycles. The van der Waals surface area contributed by atoms with Gasteiger partial charge in [-0.25, -0.2) is 0 Å². The molecule has 1 amide bonds. The third-order valence-electron chi connectivity index (χ3n) is 3.67. The van der Waals surface area contributed by atoms with Gasteiger partial charge in [-0.3, -0.25) is 4.79 Å². The van der Waals surface area contributed by atoms with Crippen LogP contribution >= 0.6 is 11.6 Å². The number of benzene rings is 1. The van der Waals surface area contributed by atoms with E-state index in [1.165, 1.54) is 18.2 Å². The molecule has 0 bridgehead atoms. The van der Waals surface area contributed by atoms with Gasteiger partial charge in [0.1, 0.15) is 0 Å². The maximum Gasteiger partial charge on any atom is 0.255 e. The van der Waals surface area contributed by atoms with E-state index in [4.69, 9.17) is 11.6 Å². The normalized spacial score (nSPS) is 11.3. The fourth-order valence-electron chi connectivity index (χ4n) is 1.81. The smallest absolute Gasteiger partial charge is 0.255 e. The van der Waals surface area contributed by atoms with Gasteiger partial charge in [-0.05, 0) is 25.0 Å². The fourth-order valence-corrected chi connectivity index (χ4v) is 2.29. The van der Waals surface area contributed by atoms with Crippen molar-refractivity contribution in [3.05, 3.63) is 23.8 Å². The summed E-state index contributed by atoms with van der Waals surface area (Å²) in [6.07, 6.45) is 1.72. The number of nitrogens with one attached hydrogen (secondary N) is 1. The van der Waals surface area contributed by atoms with Crippen molar-refractivity contribution >= 4 is 17.5 Å². The molecule has 0 aliphatic rings. The van der Waals surface area contributed by atoms with Crippen molar-refractivity contribution in [3.63, 3.8) is 0 Å². The summed E-state index contributed by atoms with van der Waals surface area (Å²) in [6.45, 7) is 4.51. The topological polar surface area (TPSA) is 69.6 Å². The summed E-state index contributed by atoms with van der Waals surface area (Å²) in [5, 5.41) is 21.8. The summed E-state index contributed by atoms with van der Waals surface area (Å²) in [4.78, 5) is 12.0. The van der Waals surface area contributed by atoms with Gasteiger partial charge in [0, 0.05) is 17.8 Å². The van der Waals surface area contributed by atoms with Crippen molar-refractivity contribution < 1.29 is 15.0 Å². The van der Waals surface area contributed by atoms with Gasteiger partial charge >= 0.3 is 0 Å². The molecule has 0 unspecified atom stereocenters. The third-order valence-corrected chi connectivity index (χ3v) is 4.23. The molecule has 19 heavy (non-hydrogen) atoms. The first-order valence-electron chi connectivity index (χ1n) is 6.34. The van der Waals surface area contributed by atoms with E-state index in [2.05, 4.69) is 5.32 Å². The van der Waals surface area contributed by atoms with Crippen LogP contribution in [0.3, 0.4) is 0 Å². The van der Waals surface area contributed by atoms with E-state index in [1.54, 1.807) is 0 Å². The molecule has 0 saturated carbocycles. The van der Waals surface area contributed by atoms with E-state index in [0.717, 1.165) is 12.8 Å². The monoisotopic (exact) mass is 285 g/mol. The zero-order valence-electron chi connectivity index (χ0n) is 11.2. The van der Waals surface area contributed by atoms with Crippen LogP contribution in [-0.4, -0.2) is 28.5 Å². The summed E-state index contributed by atoms with van der Waals surface area (Å²) in [7, 11) is 0. The molecule has 0 heterocycles. The second kappa shape index (κ2) is 6.66. The number of para-hydroxylation sites is 1. The van der Waals surface area contributed by atoms with Crippen molar-refractivity contribution in [2.24, 2.45) is 5.41 Å². The average Bonchev–Trinajstić information content (AvgIpc) is 2.44. The highest BCUT2D eigenvalue weighted by atomic mass is 35.5. The van der Waals surface area contributed by atoms with Gasteiger partial charge < -0.3 is 15.5 Å². The second-order valence-corrected chi connectivity index (χ2v) is 4.96. The fraction of sp³-hybridized carbons (Fsp3) is 0.500. The van der Waals surface area contributed by atoms with Gasteiger partial charge in [0.15, 0.2) is 11.5 Å². The van der Waals surface area contributed by atoms with Crippen molar-refractivity contribution in [2.45, 2.75) is 26.7 Å². The lowest BCUT2D eigenvalue weighted by Gasteiger charge is -2.29. The largest absolute Gasteiger partial charge is 0.504 e. The lowest BCUT2D eigenvalue weighted by atomic mass is 9.84. The number of phenols is 2. The van der Waals surface area contributed by atoms with E-state index in [1.807, 2.05) is 13.8 Å². The molecule has 0 atom stereocenters. The molecule has 3 N–H and O–H groups in total. The van der Waals surface area contributed by atoms with Gasteiger partial charge in [-0.15, -0.1) is 11.6 Å². The van der Waals surface area contributed by atoms with E-state index in [9.17, 15) is 15.0 Å². The maximum absolute atomic E-state index is 12.0. The lowest BCUT2D eigenvalue weighted by molar-refractivity contribution is 0.0928. The Morgan fingerprint density at radius 1 is 1.32 bits per heavy atom. The predicted octanol–water partition coefficient (Wildman–Crippen LogP) is 2.87. The quantitative estimate of drug-likeness (QED) is 0.556. The highest BCUT2D eigenvalue weighted by molar-refractivity contribution is 6.18. The number of aromatic hydroxyl groups is 2. The molecule has 1 aromatic carbocycles. The molecule has 5 heteroatoms. The van der Waals surface area contributed by atoms with Crippen LogP contribution < -0.4 is 5.32 Å². The maximum atomic E-state index is 12.0. The Kier molecular flexibility index (Phi) is 5.48. The van der Waals surface area contributed by atoms with Gasteiger partial charge in [0.2, 0.25) is 0 Å². The van der Waals surface area contributed by atoms with Crippen LogP contribution in [0.2, 0.25) is 0 Å². The SMILES string of the molecule is CCC(CC)(CCl)CNC(=O)c1cccc(O)c1O. The zero-order chi connectivity index (χ0) is 14.5. The summed E-state index contributed by atoms with van der Waals surface area (Å²) in [5.74, 6) is -0.650. The Balaban J connectivity index is 2.78. The predicted molar refractivity (Wildman–Crippen MR) is 75.8 cm³/mol. The van der Waals surface area contributed by atoms with Crippen LogP contribution in [0, 0.1) is 5.41 Å². The van der Waals surface area contributed by atoms with Crippen LogP contribution in [-0.2, 0) is 0 Å². The average molecular weight is 286 g/mol. The van der Waals surface area contributed by atoms with Crippen LogP contribution in [0.1, 0.15) is 37.0 Å². The highest BCUT2D eigenvalue weighted by Gasteiger charge is 2.26. The molecule has 0 aliphatic heterocycles. The number of hydrogen-bond donors (Lipinski definition) is 3. The van der Waals surface area contributed by atoms with Crippen LogP contribution in [0.15, 0.2) is 18.2 Å². The molecule has 0 aromatic heterocycles. The first-order chi connectivity index (χ1) is 8.99. The Morgan fingerprint density at radius 2 is 1.95 bits per heavy atom. The summed E-state index contributed by atoms with van der Waals surface area (Å²) in [6, 6.07) is 4.30. The van der Waals surface area contributed by atoms with Gasteiger partial charge in [-0.2, -0.15) is 0 Å². The van der Waals surface area contributed by atoms with Gasteiger partial charge in [-0.1, -0.05) is 19.9 Å². The molecule has 4 nitrogen and oxygen atoms in total. The molecular weight excluding hydrogens is 266 g/mol. The molecule has 1 aromatic rings. The molecule has 1 rings (SSSR count). The van der Waals surface area contributed by atoms with Crippen molar-refractivity contribution in [1.82, 2.24) is 5.32 Å². The van der Waals surface area contributed by atoms with Crippen LogP contribution in [0.25, 0.3) is 0 Å². The Bertz CT molecular complexity index is 436. The minimum atomic E-state index is -0.412. The molecule has 106 valence electrons. The Labute approximate surface area is 118 Å². The van der Waals surface area contributed by atoms with Crippen molar-refractivity contribution in [2.75, 3.05) is 12.4 Å². The Morgan fingerprint density at radius 3 is 2.47 bits per heavy atom. The number of hydrogen-bond acceptors (Lipinski definition) is 3. The van der Waals surface area contributed by atoms with Crippen LogP contribution in [0.4, 0.5) is 0 Å². The first kappa shape index (κ1) is 15.6. The van der Waals surface area contributed by atoms with Crippen molar-refractivity contribution in [3.8, 4) is 11.5 Å².